The SMILES string of the molecule is CN1CC[C@H](NC(=O)c2ccon2)[C@H]1c1ccc(F)c(F)c1. The van der Waals surface area contributed by atoms with Crippen LogP contribution in [0.5, 0.6) is 0 Å². The summed E-state index contributed by atoms with van der Waals surface area (Å²) in [5, 5.41) is 6.47. The highest BCUT2D eigenvalue weighted by Crippen LogP contribution is 2.31. The van der Waals surface area contributed by atoms with Gasteiger partial charge in [-0.1, -0.05) is 11.2 Å². The second-order valence-electron chi connectivity index (χ2n) is 5.35. The summed E-state index contributed by atoms with van der Waals surface area (Å²) in [5.41, 5.74) is 0.822. The van der Waals surface area contributed by atoms with E-state index in [1.165, 1.54) is 18.4 Å². The lowest BCUT2D eigenvalue weighted by atomic mass is 9.99. The van der Waals surface area contributed by atoms with E-state index < -0.39 is 11.6 Å². The number of rotatable bonds is 3. The van der Waals surface area contributed by atoms with Gasteiger partial charge in [0.1, 0.15) is 6.26 Å². The molecule has 0 unspecified atom stereocenters. The van der Waals surface area contributed by atoms with Crippen molar-refractivity contribution in [1.29, 1.82) is 0 Å². The number of likely N-dealkylation sites (N-methyl/N-ethyl adjacent to an activating group) is 1. The van der Waals surface area contributed by atoms with Crippen LogP contribution in [0, 0.1) is 11.6 Å². The van der Waals surface area contributed by atoms with Crippen LogP contribution in [0.4, 0.5) is 8.78 Å². The molecule has 22 heavy (non-hydrogen) atoms. The minimum absolute atomic E-state index is 0.193. The highest BCUT2D eigenvalue weighted by atomic mass is 19.2. The van der Waals surface area contributed by atoms with Crippen molar-refractivity contribution in [2.75, 3.05) is 13.6 Å². The van der Waals surface area contributed by atoms with Crippen molar-refractivity contribution in [2.24, 2.45) is 0 Å². The molecule has 1 N–H and O–H groups in total. The molecule has 1 aliphatic rings. The molecule has 0 saturated carbocycles. The average Bonchev–Trinajstić information content (AvgIpc) is 3.13. The molecule has 2 aromatic rings. The molecular formula is C15H15F2N3O2. The van der Waals surface area contributed by atoms with Gasteiger partial charge in [-0.15, -0.1) is 0 Å². The number of aromatic nitrogens is 1. The summed E-state index contributed by atoms with van der Waals surface area (Å²) in [7, 11) is 1.88. The predicted octanol–water partition coefficient (Wildman–Crippen LogP) is 2.13. The normalized spacial score (nSPS) is 22.0. The lowest BCUT2D eigenvalue weighted by molar-refractivity contribution is 0.0918. The van der Waals surface area contributed by atoms with E-state index in [0.29, 0.717) is 12.0 Å². The highest BCUT2D eigenvalue weighted by molar-refractivity contribution is 5.92. The Morgan fingerprint density at radius 1 is 1.36 bits per heavy atom. The quantitative estimate of drug-likeness (QED) is 0.944. The van der Waals surface area contributed by atoms with Gasteiger partial charge in [-0.2, -0.15) is 0 Å². The Morgan fingerprint density at radius 2 is 2.18 bits per heavy atom. The summed E-state index contributed by atoms with van der Waals surface area (Å²) in [6.45, 7) is 0.743. The van der Waals surface area contributed by atoms with Gasteiger partial charge >= 0.3 is 0 Å². The fourth-order valence-electron chi connectivity index (χ4n) is 2.85. The largest absolute Gasteiger partial charge is 0.364 e. The van der Waals surface area contributed by atoms with Gasteiger partial charge in [0, 0.05) is 12.6 Å². The third-order valence-corrected chi connectivity index (χ3v) is 3.92. The van der Waals surface area contributed by atoms with E-state index >= 15 is 0 Å². The summed E-state index contributed by atoms with van der Waals surface area (Å²) < 4.78 is 31.2. The van der Waals surface area contributed by atoms with Crippen LogP contribution in [0.2, 0.25) is 0 Å². The maximum Gasteiger partial charge on any atom is 0.273 e. The number of nitrogens with one attached hydrogen (secondary N) is 1. The molecule has 1 saturated heterocycles. The molecule has 5 nitrogen and oxygen atoms in total. The van der Waals surface area contributed by atoms with Crippen molar-refractivity contribution in [1.82, 2.24) is 15.4 Å². The van der Waals surface area contributed by atoms with Crippen molar-refractivity contribution in [3.05, 3.63) is 53.4 Å². The summed E-state index contributed by atoms with van der Waals surface area (Å²) in [4.78, 5) is 14.1. The van der Waals surface area contributed by atoms with Crippen LogP contribution < -0.4 is 5.32 Å². The Bertz CT molecular complexity index is 675. The van der Waals surface area contributed by atoms with Crippen LogP contribution in [-0.2, 0) is 0 Å². The second-order valence-corrected chi connectivity index (χ2v) is 5.35. The lowest BCUT2D eigenvalue weighted by Gasteiger charge is -2.26. The lowest BCUT2D eigenvalue weighted by Crippen LogP contribution is -2.39. The third-order valence-electron chi connectivity index (χ3n) is 3.92. The van der Waals surface area contributed by atoms with Crippen LogP contribution in [0.15, 0.2) is 35.1 Å². The van der Waals surface area contributed by atoms with Gasteiger partial charge in [0.15, 0.2) is 17.3 Å². The van der Waals surface area contributed by atoms with Crippen molar-refractivity contribution >= 4 is 5.91 Å². The van der Waals surface area contributed by atoms with Gasteiger partial charge in [-0.05, 0) is 31.2 Å². The monoisotopic (exact) mass is 307 g/mol. The van der Waals surface area contributed by atoms with Crippen molar-refractivity contribution in [3.63, 3.8) is 0 Å². The standard InChI is InChI=1S/C15H15F2N3O2/c1-20-6-4-12(18-15(21)13-5-7-22-19-13)14(20)9-2-3-10(16)11(17)8-9/h2-3,5,7-8,12,14H,4,6H2,1H3,(H,18,21)/t12-,14+/m0/s1. The van der Waals surface area contributed by atoms with Crippen molar-refractivity contribution in [3.8, 4) is 0 Å². The van der Waals surface area contributed by atoms with Gasteiger partial charge in [0.2, 0.25) is 0 Å². The van der Waals surface area contributed by atoms with Crippen LogP contribution in [-0.4, -0.2) is 35.6 Å². The molecular weight excluding hydrogens is 292 g/mol. The Hall–Kier alpha value is -2.28. The number of carbonyl (C=O) groups excluding carboxylic acids is 1. The zero-order valence-corrected chi connectivity index (χ0v) is 11.9. The molecule has 0 bridgehead atoms. The smallest absolute Gasteiger partial charge is 0.273 e. The zero-order chi connectivity index (χ0) is 15.7. The molecule has 7 heteroatoms. The summed E-state index contributed by atoms with van der Waals surface area (Å²) in [6, 6.07) is 4.87. The molecule has 1 aromatic carbocycles. The molecule has 1 aliphatic heterocycles. The molecule has 1 aromatic heterocycles. The Morgan fingerprint density at radius 3 is 2.86 bits per heavy atom. The van der Waals surface area contributed by atoms with Gasteiger partial charge in [0.05, 0.1) is 12.1 Å². The topological polar surface area (TPSA) is 58.4 Å². The molecule has 1 fully saturated rings. The summed E-state index contributed by atoms with van der Waals surface area (Å²) >= 11 is 0. The second kappa shape index (κ2) is 5.84. The van der Waals surface area contributed by atoms with Crippen LogP contribution in [0.3, 0.4) is 0 Å². The maximum absolute atomic E-state index is 13.5. The molecule has 3 rings (SSSR count). The predicted molar refractivity (Wildman–Crippen MR) is 74.1 cm³/mol. The van der Waals surface area contributed by atoms with E-state index in [0.717, 1.165) is 12.6 Å². The number of amides is 1. The van der Waals surface area contributed by atoms with Gasteiger partial charge in [-0.3, -0.25) is 9.69 Å². The summed E-state index contributed by atoms with van der Waals surface area (Å²) in [6.07, 6.45) is 2.03. The number of hydrogen-bond donors (Lipinski definition) is 1. The molecule has 0 spiro atoms. The van der Waals surface area contributed by atoms with Crippen molar-refractivity contribution < 1.29 is 18.1 Å². The number of carbonyl (C=O) groups is 1. The first-order chi connectivity index (χ1) is 10.6. The molecule has 2 heterocycles. The Balaban J connectivity index is 1.81. The fraction of sp³-hybridized carbons (Fsp3) is 0.333. The van der Waals surface area contributed by atoms with E-state index in [2.05, 4.69) is 15.0 Å². The Kier molecular flexibility index (Phi) is 3.89. The number of halogens is 2. The van der Waals surface area contributed by atoms with Crippen molar-refractivity contribution in [2.45, 2.75) is 18.5 Å². The van der Waals surface area contributed by atoms with Gasteiger partial charge in [0.25, 0.3) is 5.91 Å². The molecule has 116 valence electrons. The van der Waals surface area contributed by atoms with Crippen LogP contribution in [0.1, 0.15) is 28.5 Å². The summed E-state index contributed by atoms with van der Waals surface area (Å²) in [5.74, 6) is -2.12. The fourth-order valence-corrected chi connectivity index (χ4v) is 2.85. The minimum Gasteiger partial charge on any atom is -0.364 e. The van der Waals surface area contributed by atoms with E-state index in [-0.39, 0.29) is 23.7 Å². The van der Waals surface area contributed by atoms with Crippen LogP contribution in [0.25, 0.3) is 0 Å². The average molecular weight is 307 g/mol. The first kappa shape index (κ1) is 14.6. The molecule has 0 aliphatic carbocycles. The van der Waals surface area contributed by atoms with Crippen LogP contribution >= 0.6 is 0 Å². The van der Waals surface area contributed by atoms with Gasteiger partial charge in [-0.25, -0.2) is 8.78 Å². The van der Waals surface area contributed by atoms with E-state index in [1.807, 2.05) is 11.9 Å². The number of nitrogens with zero attached hydrogens (tertiary/aromatic N) is 2. The molecule has 2 atom stereocenters. The number of hydrogen-bond acceptors (Lipinski definition) is 4. The first-order valence-electron chi connectivity index (χ1n) is 6.92. The van der Waals surface area contributed by atoms with E-state index in [4.69, 9.17) is 0 Å². The number of benzene rings is 1. The van der Waals surface area contributed by atoms with E-state index in [1.54, 1.807) is 6.07 Å². The zero-order valence-electron chi connectivity index (χ0n) is 11.9. The minimum atomic E-state index is -0.889. The molecule has 1 amide bonds. The number of likely N-dealkylation sites (tertiary alicyclic amines) is 1. The Labute approximate surface area is 125 Å². The first-order valence-corrected chi connectivity index (χ1v) is 6.92. The van der Waals surface area contributed by atoms with E-state index in [9.17, 15) is 13.6 Å². The van der Waals surface area contributed by atoms with Gasteiger partial charge < -0.3 is 9.84 Å². The maximum atomic E-state index is 13.5. The molecule has 0 radical (unpaired) electrons. The highest BCUT2D eigenvalue weighted by Gasteiger charge is 2.34. The third kappa shape index (κ3) is 2.71.